The minimum Gasteiger partial charge on any atom is -0.497 e. The minimum absolute atomic E-state index is 0.763. The smallest absolute Gasteiger partial charge is 0.130 e. The molecule has 0 atom stereocenters. The maximum Gasteiger partial charge on any atom is 0.130 e. The highest BCUT2D eigenvalue weighted by molar-refractivity contribution is 5.96. The lowest BCUT2D eigenvalue weighted by atomic mass is 9.76. The molecule has 2 aliphatic rings. The molecule has 0 saturated carbocycles. The van der Waals surface area contributed by atoms with E-state index in [1.807, 2.05) is 24.3 Å². The summed E-state index contributed by atoms with van der Waals surface area (Å²) in [6.45, 7) is 0. The summed E-state index contributed by atoms with van der Waals surface area (Å²) >= 11 is 0. The van der Waals surface area contributed by atoms with Crippen LogP contribution in [0.4, 0.5) is 0 Å². The van der Waals surface area contributed by atoms with Crippen molar-refractivity contribution in [2.45, 2.75) is 25.7 Å². The van der Waals surface area contributed by atoms with Crippen LogP contribution >= 0.6 is 0 Å². The number of methoxy groups -OCH3 is 6. The number of benzene rings is 4. The summed E-state index contributed by atoms with van der Waals surface area (Å²) in [5.74, 6) is 4.82. The molecule has 6 rings (SSSR count). The van der Waals surface area contributed by atoms with Gasteiger partial charge in [0.25, 0.3) is 0 Å². The monoisotopic (exact) mass is 538 g/mol. The molecule has 0 fully saturated rings. The largest absolute Gasteiger partial charge is 0.497 e. The van der Waals surface area contributed by atoms with Gasteiger partial charge in [-0.3, -0.25) is 0 Å². The van der Waals surface area contributed by atoms with E-state index < -0.39 is 0 Å². The van der Waals surface area contributed by atoms with Crippen LogP contribution in [0.1, 0.15) is 22.3 Å². The van der Waals surface area contributed by atoms with Gasteiger partial charge in [-0.1, -0.05) is 12.1 Å². The fourth-order valence-corrected chi connectivity index (χ4v) is 6.47. The van der Waals surface area contributed by atoms with Crippen LogP contribution in [0.2, 0.25) is 0 Å². The molecule has 0 unspecified atom stereocenters. The second kappa shape index (κ2) is 10.3. The fraction of sp³-hybridized carbons (Fsp3) is 0.294. The maximum absolute atomic E-state index is 6.08. The van der Waals surface area contributed by atoms with Crippen molar-refractivity contribution in [2.24, 2.45) is 0 Å². The fourth-order valence-electron chi connectivity index (χ4n) is 6.47. The molecule has 0 saturated heterocycles. The molecule has 0 amide bonds. The average molecular weight is 539 g/mol. The maximum atomic E-state index is 6.08. The molecule has 4 aromatic carbocycles. The lowest BCUT2D eigenvalue weighted by Gasteiger charge is -2.31. The third-order valence-electron chi connectivity index (χ3n) is 8.30. The number of rotatable bonds is 7. The summed E-state index contributed by atoms with van der Waals surface area (Å²) in [6.07, 6.45) is 3.42. The lowest BCUT2D eigenvalue weighted by molar-refractivity contribution is 0.390. The Hall–Kier alpha value is -4.32. The van der Waals surface area contributed by atoms with Crippen molar-refractivity contribution < 1.29 is 28.4 Å². The summed E-state index contributed by atoms with van der Waals surface area (Å²) in [5.41, 5.74) is 11.5. The minimum atomic E-state index is 0.763. The number of aryl methyl sites for hydroxylation is 2. The molecule has 0 bridgehead atoms. The Morgan fingerprint density at radius 2 is 0.775 bits per heavy atom. The molecular weight excluding hydrogens is 504 g/mol. The van der Waals surface area contributed by atoms with Crippen molar-refractivity contribution in [3.63, 3.8) is 0 Å². The molecule has 0 radical (unpaired) electrons. The lowest BCUT2D eigenvalue weighted by Crippen LogP contribution is -2.12. The highest BCUT2D eigenvalue weighted by Gasteiger charge is 2.33. The van der Waals surface area contributed by atoms with Crippen LogP contribution in [-0.2, 0) is 25.7 Å². The molecule has 206 valence electrons. The summed E-state index contributed by atoms with van der Waals surface area (Å²) in [6, 6.07) is 16.6. The van der Waals surface area contributed by atoms with Crippen molar-refractivity contribution in [2.75, 3.05) is 42.7 Å². The Morgan fingerprint density at radius 3 is 1.12 bits per heavy atom. The van der Waals surface area contributed by atoms with Gasteiger partial charge in [0, 0.05) is 34.4 Å². The van der Waals surface area contributed by atoms with Crippen molar-refractivity contribution >= 4 is 0 Å². The van der Waals surface area contributed by atoms with Crippen LogP contribution in [0.25, 0.3) is 33.4 Å². The summed E-state index contributed by atoms with van der Waals surface area (Å²) in [4.78, 5) is 0. The summed E-state index contributed by atoms with van der Waals surface area (Å²) in [5, 5.41) is 0. The number of ether oxygens (including phenoxy) is 6. The molecule has 0 aliphatic heterocycles. The molecule has 0 N–H and O–H groups in total. The van der Waals surface area contributed by atoms with Crippen LogP contribution in [-0.4, -0.2) is 42.7 Å². The number of hydrogen-bond acceptors (Lipinski definition) is 6. The first kappa shape index (κ1) is 25.9. The molecule has 0 heterocycles. The molecule has 4 aromatic rings. The molecule has 6 heteroatoms. The van der Waals surface area contributed by atoms with Gasteiger partial charge < -0.3 is 28.4 Å². The molecule has 6 nitrogen and oxygen atoms in total. The quantitative estimate of drug-likeness (QED) is 0.254. The first-order valence-corrected chi connectivity index (χ1v) is 13.5. The predicted octanol–water partition coefficient (Wildman–Crippen LogP) is 6.94. The SMILES string of the molecule is COc1ccc2c(c1)CCc1c-2c(OC)cc(OC)c1-c1c(OC)cc(OC)c2c1CCc1cc(OC)ccc1-2. The molecule has 0 aromatic heterocycles. The van der Waals surface area contributed by atoms with Gasteiger partial charge in [0.1, 0.15) is 34.5 Å². The highest BCUT2D eigenvalue weighted by Crippen LogP contribution is 2.55. The number of hydrogen-bond donors (Lipinski definition) is 0. The van der Waals surface area contributed by atoms with Gasteiger partial charge in [-0.05, 0) is 83.3 Å². The normalized spacial score (nSPS) is 12.8. The van der Waals surface area contributed by atoms with Gasteiger partial charge in [-0.2, -0.15) is 0 Å². The van der Waals surface area contributed by atoms with E-state index in [0.29, 0.717) is 0 Å². The Morgan fingerprint density at radius 1 is 0.400 bits per heavy atom. The van der Waals surface area contributed by atoms with E-state index in [2.05, 4.69) is 24.3 Å². The van der Waals surface area contributed by atoms with Crippen molar-refractivity contribution in [3.8, 4) is 67.9 Å². The standard InChI is InChI=1S/C34H34O6/c1-35-21-9-13-23-19(15-21)7-11-25-31(23)27(37-3)17-29(39-5)33(25)34-26-12-8-20-16-22(36-2)10-14-24(20)32(26)28(38-4)18-30(34)40-6/h9-10,13-18H,7-8,11-12H2,1-6H3. The van der Waals surface area contributed by atoms with Crippen LogP contribution in [0.3, 0.4) is 0 Å². The van der Waals surface area contributed by atoms with Crippen molar-refractivity contribution in [1.82, 2.24) is 0 Å². The van der Waals surface area contributed by atoms with Crippen LogP contribution in [0, 0.1) is 0 Å². The van der Waals surface area contributed by atoms with Crippen molar-refractivity contribution in [1.29, 1.82) is 0 Å². The second-order valence-electron chi connectivity index (χ2n) is 10.1. The zero-order valence-corrected chi connectivity index (χ0v) is 23.9. The Balaban J connectivity index is 1.69. The Bertz CT molecular complexity index is 1500. The van der Waals surface area contributed by atoms with E-state index in [0.717, 1.165) is 93.6 Å². The van der Waals surface area contributed by atoms with Crippen LogP contribution in [0.5, 0.6) is 34.5 Å². The summed E-state index contributed by atoms with van der Waals surface area (Å²) < 4.78 is 35.1. The summed E-state index contributed by atoms with van der Waals surface area (Å²) in [7, 11) is 10.3. The van der Waals surface area contributed by atoms with Gasteiger partial charge in [-0.25, -0.2) is 0 Å². The van der Waals surface area contributed by atoms with Crippen molar-refractivity contribution in [3.05, 3.63) is 70.8 Å². The van der Waals surface area contributed by atoms with Gasteiger partial charge in [-0.15, -0.1) is 0 Å². The Labute approximate surface area is 235 Å². The van der Waals surface area contributed by atoms with Gasteiger partial charge in [0.05, 0.1) is 42.7 Å². The van der Waals surface area contributed by atoms with Gasteiger partial charge in [0.15, 0.2) is 0 Å². The first-order valence-electron chi connectivity index (χ1n) is 13.5. The Kier molecular flexibility index (Phi) is 6.70. The molecule has 0 spiro atoms. The molecular formula is C34H34O6. The van der Waals surface area contributed by atoms with E-state index >= 15 is 0 Å². The van der Waals surface area contributed by atoms with Crippen LogP contribution < -0.4 is 28.4 Å². The molecule has 40 heavy (non-hydrogen) atoms. The third-order valence-corrected chi connectivity index (χ3v) is 8.30. The van der Waals surface area contributed by atoms with E-state index in [1.54, 1.807) is 42.7 Å². The van der Waals surface area contributed by atoms with E-state index in [4.69, 9.17) is 28.4 Å². The highest BCUT2D eigenvalue weighted by atomic mass is 16.5. The number of fused-ring (bicyclic) bond motifs is 6. The van der Waals surface area contributed by atoms with E-state index in [9.17, 15) is 0 Å². The zero-order valence-electron chi connectivity index (χ0n) is 23.9. The predicted molar refractivity (Wildman–Crippen MR) is 157 cm³/mol. The zero-order chi connectivity index (χ0) is 28.0. The van der Waals surface area contributed by atoms with E-state index in [1.165, 1.54) is 22.3 Å². The van der Waals surface area contributed by atoms with Crippen LogP contribution in [0.15, 0.2) is 48.5 Å². The average Bonchev–Trinajstić information content (AvgIpc) is 3.01. The van der Waals surface area contributed by atoms with Gasteiger partial charge >= 0.3 is 0 Å². The topological polar surface area (TPSA) is 55.4 Å². The third kappa shape index (κ3) is 3.93. The van der Waals surface area contributed by atoms with Gasteiger partial charge in [0.2, 0.25) is 0 Å². The van der Waals surface area contributed by atoms with E-state index in [-0.39, 0.29) is 0 Å². The molecule has 2 aliphatic carbocycles. The first-order chi connectivity index (χ1) is 19.6. The second-order valence-corrected chi connectivity index (χ2v) is 10.1.